The first-order valence-corrected chi connectivity index (χ1v) is 10.9. The number of nitrogens with one attached hydrogen (secondary N) is 2. The van der Waals surface area contributed by atoms with E-state index in [0.29, 0.717) is 17.2 Å². The van der Waals surface area contributed by atoms with Gasteiger partial charge in [-0.15, -0.1) is 11.3 Å². The highest BCUT2D eigenvalue weighted by atomic mass is 32.2. The zero-order valence-corrected chi connectivity index (χ0v) is 17.2. The maximum Gasteiger partial charge on any atom is 0.307 e. The molecule has 0 radical (unpaired) electrons. The van der Waals surface area contributed by atoms with Crippen LogP contribution in [-0.2, 0) is 24.3 Å². The van der Waals surface area contributed by atoms with E-state index in [9.17, 15) is 22.8 Å². The second-order valence-electron chi connectivity index (χ2n) is 5.57. The average Bonchev–Trinajstić information content (AvgIpc) is 3.22. The normalized spacial score (nSPS) is 10.9. The Kier molecular flexibility index (Phi) is 8.31. The highest BCUT2D eigenvalue weighted by Gasteiger charge is 2.16. The number of esters is 1. The molecule has 0 saturated carbocycles. The number of amides is 2. The standard InChI is InChI=1S/C18H20N2O7S2/c1-2-26-13-5-7-14(8-6-13)29(24,25)19-10-9-17(22)27-12-16(21)20-18(23)15-4-3-11-28-15/h3-8,11,19H,2,9-10,12H2,1H3,(H,20,21,23). The SMILES string of the molecule is CCOc1ccc(S(=O)(=O)NCCC(=O)OCC(=O)NC(=O)c2cccs2)cc1. The van der Waals surface area contributed by atoms with Crippen molar-refractivity contribution in [3.05, 3.63) is 46.7 Å². The van der Waals surface area contributed by atoms with Crippen LogP contribution in [0.2, 0.25) is 0 Å². The van der Waals surface area contributed by atoms with Crippen molar-refractivity contribution in [3.8, 4) is 5.75 Å². The van der Waals surface area contributed by atoms with E-state index in [0.717, 1.165) is 0 Å². The summed E-state index contributed by atoms with van der Waals surface area (Å²) < 4.78 is 36.6. The van der Waals surface area contributed by atoms with Gasteiger partial charge in [0, 0.05) is 6.54 Å². The Bertz CT molecular complexity index is 939. The van der Waals surface area contributed by atoms with Crippen LogP contribution >= 0.6 is 11.3 Å². The largest absolute Gasteiger partial charge is 0.494 e. The van der Waals surface area contributed by atoms with E-state index in [4.69, 9.17) is 9.47 Å². The fourth-order valence-electron chi connectivity index (χ4n) is 2.10. The number of hydrogen-bond acceptors (Lipinski definition) is 8. The number of rotatable bonds is 10. The molecule has 1 aromatic carbocycles. The maximum absolute atomic E-state index is 12.2. The minimum atomic E-state index is -3.80. The molecule has 0 unspecified atom stereocenters. The molecule has 0 aliphatic rings. The minimum Gasteiger partial charge on any atom is -0.494 e. The van der Waals surface area contributed by atoms with E-state index in [-0.39, 0.29) is 17.9 Å². The van der Waals surface area contributed by atoms with Crippen molar-refractivity contribution >= 4 is 39.1 Å². The Balaban J connectivity index is 1.71. The van der Waals surface area contributed by atoms with Gasteiger partial charge in [0.05, 0.1) is 22.8 Å². The van der Waals surface area contributed by atoms with Crippen molar-refractivity contribution in [1.82, 2.24) is 10.0 Å². The first-order valence-electron chi connectivity index (χ1n) is 8.57. The van der Waals surface area contributed by atoms with Crippen LogP contribution in [-0.4, -0.2) is 46.0 Å². The van der Waals surface area contributed by atoms with Crippen LogP contribution in [0, 0.1) is 0 Å². The van der Waals surface area contributed by atoms with E-state index in [1.54, 1.807) is 17.5 Å². The number of carbonyl (C=O) groups excluding carboxylic acids is 3. The molecular formula is C18H20N2O7S2. The highest BCUT2D eigenvalue weighted by molar-refractivity contribution is 7.89. The van der Waals surface area contributed by atoms with E-state index in [1.807, 2.05) is 6.92 Å². The predicted molar refractivity (Wildman–Crippen MR) is 105 cm³/mol. The minimum absolute atomic E-state index is 0.0285. The Labute approximate surface area is 172 Å². The van der Waals surface area contributed by atoms with E-state index in [1.165, 1.54) is 35.6 Å². The lowest BCUT2D eigenvalue weighted by atomic mass is 10.3. The topological polar surface area (TPSA) is 128 Å². The van der Waals surface area contributed by atoms with Crippen molar-refractivity contribution in [2.24, 2.45) is 0 Å². The Hall–Kier alpha value is -2.76. The van der Waals surface area contributed by atoms with Crippen LogP contribution in [0.4, 0.5) is 0 Å². The van der Waals surface area contributed by atoms with Crippen LogP contribution in [0.3, 0.4) is 0 Å². The third-order valence-electron chi connectivity index (χ3n) is 3.43. The number of imide groups is 1. The second kappa shape index (κ2) is 10.7. The van der Waals surface area contributed by atoms with Crippen molar-refractivity contribution in [2.45, 2.75) is 18.2 Å². The van der Waals surface area contributed by atoms with E-state index in [2.05, 4.69) is 10.0 Å². The van der Waals surface area contributed by atoms with Crippen LogP contribution in [0.15, 0.2) is 46.7 Å². The zero-order valence-electron chi connectivity index (χ0n) is 15.5. The van der Waals surface area contributed by atoms with Crippen molar-refractivity contribution in [1.29, 1.82) is 0 Å². The number of ether oxygens (including phenoxy) is 2. The summed E-state index contributed by atoms with van der Waals surface area (Å²) in [7, 11) is -3.80. The number of thiophene rings is 1. The third kappa shape index (κ3) is 7.29. The van der Waals surface area contributed by atoms with Gasteiger partial charge in [0.15, 0.2) is 6.61 Å². The summed E-state index contributed by atoms with van der Waals surface area (Å²) in [5.41, 5.74) is 0. The Morgan fingerprint density at radius 3 is 2.45 bits per heavy atom. The zero-order chi connectivity index (χ0) is 21.3. The summed E-state index contributed by atoms with van der Waals surface area (Å²) >= 11 is 1.17. The summed E-state index contributed by atoms with van der Waals surface area (Å²) in [6, 6.07) is 9.06. The molecule has 1 heterocycles. The van der Waals surface area contributed by atoms with Gasteiger partial charge in [0.1, 0.15) is 5.75 Å². The van der Waals surface area contributed by atoms with Crippen LogP contribution in [0.5, 0.6) is 5.75 Å². The lowest BCUT2D eigenvalue weighted by Gasteiger charge is -2.08. The fraction of sp³-hybridized carbons (Fsp3) is 0.278. The van der Waals surface area contributed by atoms with E-state index < -0.39 is 34.4 Å². The van der Waals surface area contributed by atoms with Gasteiger partial charge in [-0.2, -0.15) is 0 Å². The van der Waals surface area contributed by atoms with Gasteiger partial charge in [-0.3, -0.25) is 19.7 Å². The molecule has 0 saturated heterocycles. The van der Waals surface area contributed by atoms with Crippen LogP contribution < -0.4 is 14.8 Å². The summed E-state index contributed by atoms with van der Waals surface area (Å²) in [5.74, 6) is -1.58. The van der Waals surface area contributed by atoms with Gasteiger partial charge in [-0.05, 0) is 42.6 Å². The monoisotopic (exact) mass is 440 g/mol. The Morgan fingerprint density at radius 1 is 1.10 bits per heavy atom. The van der Waals surface area contributed by atoms with Gasteiger partial charge in [0.2, 0.25) is 10.0 Å². The molecule has 0 aliphatic heterocycles. The first-order chi connectivity index (χ1) is 13.8. The number of benzene rings is 1. The van der Waals surface area contributed by atoms with Crippen molar-refractivity contribution < 1.29 is 32.3 Å². The quantitative estimate of drug-likeness (QED) is 0.533. The molecule has 1 aromatic heterocycles. The van der Waals surface area contributed by atoms with Gasteiger partial charge in [-0.25, -0.2) is 13.1 Å². The molecule has 11 heteroatoms. The molecule has 9 nitrogen and oxygen atoms in total. The van der Waals surface area contributed by atoms with Gasteiger partial charge in [-0.1, -0.05) is 6.07 Å². The van der Waals surface area contributed by atoms with Crippen molar-refractivity contribution in [2.75, 3.05) is 19.8 Å². The summed E-state index contributed by atoms with van der Waals surface area (Å²) in [6.45, 7) is 1.44. The number of hydrogen-bond donors (Lipinski definition) is 2. The first kappa shape index (κ1) is 22.5. The van der Waals surface area contributed by atoms with Crippen molar-refractivity contribution in [3.63, 3.8) is 0 Å². The maximum atomic E-state index is 12.2. The molecule has 0 fully saturated rings. The van der Waals surface area contributed by atoms with E-state index >= 15 is 0 Å². The molecule has 29 heavy (non-hydrogen) atoms. The molecule has 2 amide bonds. The summed E-state index contributed by atoms with van der Waals surface area (Å²) in [6.07, 6.45) is -0.275. The lowest BCUT2D eigenvalue weighted by Crippen LogP contribution is -2.34. The molecule has 0 aliphatic carbocycles. The molecule has 2 N–H and O–H groups in total. The lowest BCUT2D eigenvalue weighted by molar-refractivity contribution is -0.148. The smallest absolute Gasteiger partial charge is 0.307 e. The molecular weight excluding hydrogens is 420 g/mol. The summed E-state index contributed by atoms with van der Waals surface area (Å²) in [5, 5.41) is 3.77. The van der Waals surface area contributed by atoms with Crippen LogP contribution in [0.25, 0.3) is 0 Å². The fourth-order valence-corrected chi connectivity index (χ4v) is 3.75. The van der Waals surface area contributed by atoms with Gasteiger partial charge >= 0.3 is 5.97 Å². The van der Waals surface area contributed by atoms with Gasteiger partial charge in [0.25, 0.3) is 11.8 Å². The molecule has 2 aromatic rings. The molecule has 0 spiro atoms. The van der Waals surface area contributed by atoms with Gasteiger partial charge < -0.3 is 9.47 Å². The molecule has 0 bridgehead atoms. The second-order valence-corrected chi connectivity index (χ2v) is 8.28. The molecule has 0 atom stereocenters. The predicted octanol–water partition coefficient (Wildman–Crippen LogP) is 1.31. The Morgan fingerprint density at radius 2 is 1.83 bits per heavy atom. The number of sulfonamides is 1. The third-order valence-corrected chi connectivity index (χ3v) is 5.77. The molecule has 2 rings (SSSR count). The molecule has 156 valence electrons. The average molecular weight is 440 g/mol. The van der Waals surface area contributed by atoms with Crippen LogP contribution in [0.1, 0.15) is 23.0 Å². The highest BCUT2D eigenvalue weighted by Crippen LogP contribution is 2.15. The number of carbonyl (C=O) groups is 3. The summed E-state index contributed by atoms with van der Waals surface area (Å²) in [4.78, 5) is 35.4.